The molecule has 0 spiro atoms. The van der Waals surface area contributed by atoms with Gasteiger partial charge in [-0.3, -0.25) is 4.79 Å². The van der Waals surface area contributed by atoms with Gasteiger partial charge in [0, 0.05) is 5.69 Å². The second-order valence-corrected chi connectivity index (χ2v) is 3.97. The lowest BCUT2D eigenvalue weighted by Gasteiger charge is -2.07. The van der Waals surface area contributed by atoms with Gasteiger partial charge in [-0.2, -0.15) is 0 Å². The van der Waals surface area contributed by atoms with E-state index in [1.165, 1.54) is 31.4 Å². The summed E-state index contributed by atoms with van der Waals surface area (Å²) in [5.41, 5.74) is 0.867. The third-order valence-electron chi connectivity index (χ3n) is 2.63. The van der Waals surface area contributed by atoms with Gasteiger partial charge in [-0.25, -0.2) is 4.79 Å². The van der Waals surface area contributed by atoms with Crippen LogP contribution in [0.4, 0.5) is 5.69 Å². The summed E-state index contributed by atoms with van der Waals surface area (Å²) in [6, 6.07) is 13.3. The monoisotopic (exact) mass is 270 g/mol. The molecule has 0 aliphatic rings. The molecule has 5 heteroatoms. The molecular weight excluding hydrogens is 258 g/mol. The molecule has 0 saturated heterocycles. The molecule has 0 atom stereocenters. The van der Waals surface area contributed by atoms with Gasteiger partial charge in [0.15, 0.2) is 0 Å². The second kappa shape index (κ2) is 5.88. The van der Waals surface area contributed by atoms with Crippen molar-refractivity contribution in [3.8, 4) is 5.75 Å². The van der Waals surface area contributed by atoms with E-state index in [4.69, 9.17) is 0 Å². The smallest absolute Gasteiger partial charge is 0.337 e. The number of phenolic OH excluding ortho intramolecular Hbond substituents is 1. The lowest BCUT2D eigenvalue weighted by atomic mass is 10.1. The third-order valence-corrected chi connectivity index (χ3v) is 2.63. The van der Waals surface area contributed by atoms with Gasteiger partial charge in [-0.15, -0.1) is 0 Å². The van der Waals surface area contributed by atoms with Crippen molar-refractivity contribution in [3.05, 3.63) is 59.7 Å². The van der Waals surface area contributed by atoms with E-state index in [1.807, 2.05) is 0 Å². The van der Waals surface area contributed by atoms with Gasteiger partial charge >= 0.3 is 5.97 Å². The quantitative estimate of drug-likeness (QED) is 0.839. The van der Waals surface area contributed by atoms with Gasteiger partial charge in [0.05, 0.1) is 18.2 Å². The Kier molecular flexibility index (Phi) is 4.00. The zero-order chi connectivity index (χ0) is 14.5. The van der Waals surface area contributed by atoms with Gasteiger partial charge < -0.3 is 15.2 Å². The van der Waals surface area contributed by atoms with E-state index in [0.29, 0.717) is 11.3 Å². The number of phenols is 1. The first kappa shape index (κ1) is 13.6. The van der Waals surface area contributed by atoms with Crippen LogP contribution in [0.15, 0.2) is 42.5 Å². The van der Waals surface area contributed by atoms with E-state index < -0.39 is 11.9 Å². The van der Waals surface area contributed by atoms with Gasteiger partial charge in [0.2, 0.25) is 0 Å². The predicted octanol–water partition coefficient (Wildman–Crippen LogP) is 2.23. The molecule has 2 N–H and O–H groups in total. The Bertz CT molecular complexity index is 652. The number of hydrogen-bond donors (Lipinski definition) is 2. The summed E-state index contributed by atoms with van der Waals surface area (Å²) < 4.78 is 4.60. The molecule has 0 bridgehead atoms. The van der Waals surface area contributed by atoms with E-state index in [-0.39, 0.29) is 11.3 Å². The Balaban J connectivity index is 2.20. The van der Waals surface area contributed by atoms with E-state index in [1.54, 1.807) is 18.2 Å². The molecule has 1 amide bonds. The average molecular weight is 270 g/mol. The zero-order valence-electron chi connectivity index (χ0n) is 10.7. The van der Waals surface area contributed by atoms with Crippen LogP contribution in [0.2, 0.25) is 0 Å². The lowest BCUT2D eigenvalue weighted by Crippen LogP contribution is -2.12. The van der Waals surface area contributed by atoms with Crippen LogP contribution in [-0.4, -0.2) is 24.1 Å². The van der Waals surface area contributed by atoms with Gasteiger partial charge in [0.1, 0.15) is 5.75 Å². The van der Waals surface area contributed by atoms with Crippen molar-refractivity contribution in [2.24, 2.45) is 0 Å². The molecule has 20 heavy (non-hydrogen) atoms. The number of carbonyl (C=O) groups is 2. The third kappa shape index (κ3) is 2.95. The Hall–Kier alpha value is -2.82. The summed E-state index contributed by atoms with van der Waals surface area (Å²) in [6.07, 6.45) is 0. The van der Waals surface area contributed by atoms with Crippen molar-refractivity contribution in [3.63, 3.8) is 0 Å². The van der Waals surface area contributed by atoms with Gasteiger partial charge in [-0.1, -0.05) is 12.1 Å². The van der Waals surface area contributed by atoms with Gasteiger partial charge in [0.25, 0.3) is 5.91 Å². The van der Waals surface area contributed by atoms with E-state index in [2.05, 4.69) is 16.1 Å². The fourth-order valence-corrected chi connectivity index (χ4v) is 1.64. The maximum atomic E-state index is 12.0. The fraction of sp³-hybridized carbons (Fsp3) is 0.0667. The number of carbonyl (C=O) groups excluding carboxylic acids is 2. The number of ether oxygens (including phenoxy) is 1. The highest BCUT2D eigenvalue weighted by Crippen LogP contribution is 2.18. The summed E-state index contributed by atoms with van der Waals surface area (Å²) in [6.45, 7) is 0. The number of rotatable bonds is 3. The number of methoxy groups -OCH3 is 1. The van der Waals surface area contributed by atoms with Crippen LogP contribution in [0, 0.1) is 6.07 Å². The molecule has 0 saturated carbocycles. The second-order valence-electron chi connectivity index (χ2n) is 3.97. The highest BCUT2D eigenvalue weighted by atomic mass is 16.5. The molecular formula is C15H12NO4. The van der Waals surface area contributed by atoms with Crippen molar-refractivity contribution in [1.29, 1.82) is 0 Å². The fourth-order valence-electron chi connectivity index (χ4n) is 1.64. The number of amides is 1. The summed E-state index contributed by atoms with van der Waals surface area (Å²) in [4.78, 5) is 23.4. The number of hydrogen-bond acceptors (Lipinski definition) is 4. The van der Waals surface area contributed by atoms with Crippen molar-refractivity contribution in [2.75, 3.05) is 12.4 Å². The molecule has 0 aromatic heterocycles. The molecule has 0 fully saturated rings. The Labute approximate surface area is 115 Å². The molecule has 2 aromatic rings. The predicted molar refractivity (Wildman–Crippen MR) is 72.7 cm³/mol. The van der Waals surface area contributed by atoms with E-state index >= 15 is 0 Å². The molecule has 101 valence electrons. The van der Waals surface area contributed by atoms with Crippen molar-refractivity contribution >= 4 is 17.6 Å². The van der Waals surface area contributed by atoms with Crippen LogP contribution < -0.4 is 5.32 Å². The number of benzene rings is 2. The maximum Gasteiger partial charge on any atom is 0.337 e. The largest absolute Gasteiger partial charge is 0.507 e. The van der Waals surface area contributed by atoms with Crippen LogP contribution in [0.1, 0.15) is 20.7 Å². The highest BCUT2D eigenvalue weighted by molar-refractivity contribution is 6.06. The van der Waals surface area contributed by atoms with Crippen molar-refractivity contribution in [1.82, 2.24) is 0 Å². The number of aromatic hydroxyl groups is 1. The normalized spacial score (nSPS) is 9.85. The molecule has 5 nitrogen and oxygen atoms in total. The van der Waals surface area contributed by atoms with Crippen LogP contribution in [0.5, 0.6) is 5.75 Å². The van der Waals surface area contributed by atoms with Crippen LogP contribution >= 0.6 is 0 Å². The zero-order valence-corrected chi connectivity index (χ0v) is 10.7. The Morgan fingerprint density at radius 1 is 1.30 bits per heavy atom. The molecule has 1 radical (unpaired) electrons. The first-order valence-electron chi connectivity index (χ1n) is 5.80. The first-order chi connectivity index (χ1) is 9.61. The molecule has 0 unspecified atom stereocenters. The standard InChI is InChI=1S/C15H12NO4/c1-20-15(19)10-5-4-6-11(9-10)16-14(18)12-7-2-3-8-13(12)17/h3-9,17H,1H3,(H,16,18). The minimum absolute atomic E-state index is 0.107. The topological polar surface area (TPSA) is 75.6 Å². The van der Waals surface area contributed by atoms with E-state index in [0.717, 1.165) is 0 Å². The maximum absolute atomic E-state index is 12.0. The molecule has 0 aliphatic heterocycles. The highest BCUT2D eigenvalue weighted by Gasteiger charge is 2.12. The van der Waals surface area contributed by atoms with E-state index in [9.17, 15) is 14.7 Å². The molecule has 2 rings (SSSR count). The SMILES string of the molecule is COC(=O)c1cccc(NC(=O)c2c[c]ccc2O)c1. The molecule has 2 aromatic carbocycles. The summed E-state index contributed by atoms with van der Waals surface area (Å²) in [7, 11) is 1.28. The van der Waals surface area contributed by atoms with Crippen molar-refractivity contribution < 1.29 is 19.4 Å². The molecule has 0 aliphatic carbocycles. The minimum atomic E-state index is -0.489. The number of esters is 1. The van der Waals surface area contributed by atoms with Crippen LogP contribution in [0.3, 0.4) is 0 Å². The number of anilines is 1. The molecule has 0 heterocycles. The van der Waals surface area contributed by atoms with Gasteiger partial charge in [-0.05, 0) is 36.4 Å². The summed E-state index contributed by atoms with van der Waals surface area (Å²) in [5.74, 6) is -1.11. The van der Waals surface area contributed by atoms with Crippen molar-refractivity contribution in [2.45, 2.75) is 0 Å². The first-order valence-corrected chi connectivity index (χ1v) is 5.80. The van der Waals surface area contributed by atoms with Crippen LogP contribution in [0.25, 0.3) is 0 Å². The Morgan fingerprint density at radius 2 is 2.10 bits per heavy atom. The lowest BCUT2D eigenvalue weighted by molar-refractivity contribution is 0.0600. The minimum Gasteiger partial charge on any atom is -0.507 e. The summed E-state index contributed by atoms with van der Waals surface area (Å²) >= 11 is 0. The average Bonchev–Trinajstić information content (AvgIpc) is 2.47. The van der Waals surface area contributed by atoms with Crippen LogP contribution in [-0.2, 0) is 4.74 Å². The Morgan fingerprint density at radius 3 is 2.80 bits per heavy atom. The summed E-state index contributed by atoms with van der Waals surface area (Å²) in [5, 5.41) is 12.2. The number of nitrogens with one attached hydrogen (secondary N) is 1.